The van der Waals surface area contributed by atoms with E-state index in [1.54, 1.807) is 16.8 Å². The van der Waals surface area contributed by atoms with Crippen molar-refractivity contribution in [3.8, 4) is 11.1 Å². The second kappa shape index (κ2) is 16.0. The quantitative estimate of drug-likeness (QED) is 0.175. The molecule has 0 aromatic heterocycles. The summed E-state index contributed by atoms with van der Waals surface area (Å²) in [4.78, 5) is 0. The second-order valence-corrected chi connectivity index (χ2v) is 19.8. The van der Waals surface area contributed by atoms with E-state index in [-0.39, 0.29) is 28.6 Å². The monoisotopic (exact) mass is 508 g/mol. The molecule has 0 radical (unpaired) electrons. The maximum absolute atomic E-state index is 2.56. The highest BCUT2D eigenvalue weighted by Crippen LogP contribution is 2.38. The highest BCUT2D eigenvalue weighted by Gasteiger charge is 2.21. The van der Waals surface area contributed by atoms with Gasteiger partial charge < -0.3 is 0 Å². The van der Waals surface area contributed by atoms with Gasteiger partial charge in [-0.15, -0.1) is 0 Å². The molecule has 0 nitrogen and oxygen atoms in total. The van der Waals surface area contributed by atoms with Crippen molar-refractivity contribution in [1.82, 2.24) is 0 Å². The fourth-order valence-electron chi connectivity index (χ4n) is 5.99. The molecule has 34 heavy (non-hydrogen) atoms. The number of hydrogen-bond donors (Lipinski definition) is 0. The average molecular weight is 509 g/mol. The van der Waals surface area contributed by atoms with E-state index in [9.17, 15) is 0 Å². The van der Waals surface area contributed by atoms with Crippen LogP contribution in [0.1, 0.15) is 102 Å². The van der Waals surface area contributed by atoms with Gasteiger partial charge in [-0.25, -0.2) is 0 Å². The van der Waals surface area contributed by atoms with Gasteiger partial charge in [-0.2, -0.15) is 0 Å². The van der Waals surface area contributed by atoms with Crippen LogP contribution >= 0.6 is 0 Å². The topological polar surface area (TPSA) is 0 Å². The molecule has 1 aliphatic carbocycles. The van der Waals surface area contributed by atoms with Crippen LogP contribution in [0.15, 0.2) is 48.5 Å². The zero-order valence-electron chi connectivity index (χ0n) is 22.7. The van der Waals surface area contributed by atoms with Gasteiger partial charge in [-0.05, 0) is 35.4 Å². The summed E-state index contributed by atoms with van der Waals surface area (Å²) in [5, 5.41) is 2.74. The van der Waals surface area contributed by atoms with Gasteiger partial charge in [0.2, 0.25) is 0 Å². The van der Waals surface area contributed by atoms with Gasteiger partial charge in [0.1, 0.15) is 0 Å². The van der Waals surface area contributed by atoms with Crippen molar-refractivity contribution in [3.63, 3.8) is 0 Å². The number of hydrogen-bond acceptors (Lipinski definition) is 0. The van der Waals surface area contributed by atoms with Gasteiger partial charge in [0.05, 0.1) is 9.52 Å². The summed E-state index contributed by atoms with van der Waals surface area (Å²) in [7, 11) is 0.237. The standard InChI is InChI=1S/C31H52Si3/c1-4-5-6-7-8-9-10-11-24-33-25(2)34-31-22-18-29(19-23-31)27-14-12-26(13-15-27)28-16-20-30(32-3)21-17-28/h12-15,18-19,22-23,25,28,30H,4-11,16-17,20-21,24,32-34H2,1-3H3. The number of rotatable bonds is 15. The molecule has 0 amide bonds. The third kappa shape index (κ3) is 9.62. The van der Waals surface area contributed by atoms with E-state index in [1.165, 1.54) is 88.2 Å². The van der Waals surface area contributed by atoms with E-state index < -0.39 is 0 Å². The fraction of sp³-hybridized carbons (Fsp3) is 0.613. The zero-order chi connectivity index (χ0) is 24.0. The van der Waals surface area contributed by atoms with Gasteiger partial charge in [-0.1, -0.05) is 155 Å². The maximum atomic E-state index is 2.56. The van der Waals surface area contributed by atoms with Crippen molar-refractivity contribution in [2.45, 2.75) is 120 Å². The normalized spacial score (nSPS) is 20.3. The van der Waals surface area contributed by atoms with Crippen LogP contribution in [-0.4, -0.2) is 28.6 Å². The molecule has 2 aromatic rings. The molecule has 1 fully saturated rings. The molecule has 188 valence electrons. The number of unbranched alkanes of at least 4 members (excludes halogenated alkanes) is 7. The first kappa shape index (κ1) is 27.7. The lowest BCUT2D eigenvalue weighted by Gasteiger charge is -2.28. The Morgan fingerprint density at radius 3 is 1.88 bits per heavy atom. The Labute approximate surface area is 218 Å². The first-order valence-electron chi connectivity index (χ1n) is 14.9. The lowest BCUT2D eigenvalue weighted by Crippen LogP contribution is -2.21. The summed E-state index contributed by atoms with van der Waals surface area (Å²) in [6.45, 7) is 7.36. The van der Waals surface area contributed by atoms with E-state index in [2.05, 4.69) is 68.9 Å². The lowest BCUT2D eigenvalue weighted by molar-refractivity contribution is 0.441. The van der Waals surface area contributed by atoms with Crippen LogP contribution in [0.2, 0.25) is 23.3 Å². The summed E-state index contributed by atoms with van der Waals surface area (Å²) >= 11 is 0. The minimum Gasteiger partial charge on any atom is -0.0746 e. The van der Waals surface area contributed by atoms with Gasteiger partial charge in [0.25, 0.3) is 0 Å². The predicted molar refractivity (Wildman–Crippen MR) is 165 cm³/mol. The van der Waals surface area contributed by atoms with E-state index in [0.717, 1.165) is 16.6 Å². The Kier molecular flexibility index (Phi) is 13.0. The van der Waals surface area contributed by atoms with E-state index in [4.69, 9.17) is 0 Å². The van der Waals surface area contributed by atoms with Crippen LogP contribution in [0.4, 0.5) is 0 Å². The minimum atomic E-state index is -0.0984. The molecule has 1 unspecified atom stereocenters. The number of benzene rings is 2. The van der Waals surface area contributed by atoms with Gasteiger partial charge >= 0.3 is 0 Å². The molecule has 0 aliphatic heterocycles. The van der Waals surface area contributed by atoms with Crippen LogP contribution in [0.3, 0.4) is 0 Å². The van der Waals surface area contributed by atoms with Crippen LogP contribution in [-0.2, 0) is 0 Å². The fourth-order valence-corrected chi connectivity index (χ4v) is 12.6. The minimum absolute atomic E-state index is 0.0984. The first-order valence-corrected chi connectivity index (χ1v) is 20.5. The predicted octanol–water partition coefficient (Wildman–Crippen LogP) is 7.30. The summed E-state index contributed by atoms with van der Waals surface area (Å²) in [6.07, 6.45) is 17.5. The largest absolute Gasteiger partial charge is 0.0746 e. The Bertz CT molecular complexity index is 775. The molecule has 0 saturated heterocycles. The summed E-state index contributed by atoms with van der Waals surface area (Å²) in [5.74, 6) is 0.815. The second-order valence-electron chi connectivity index (χ2n) is 11.4. The van der Waals surface area contributed by atoms with E-state index in [1.807, 2.05) is 0 Å². The molecule has 1 saturated carbocycles. The highest BCUT2D eigenvalue weighted by atomic mass is 28.3. The van der Waals surface area contributed by atoms with Gasteiger partial charge in [0.15, 0.2) is 0 Å². The summed E-state index contributed by atoms with van der Waals surface area (Å²) in [5.41, 5.74) is 5.49. The van der Waals surface area contributed by atoms with Crippen molar-refractivity contribution in [2.24, 2.45) is 0 Å². The van der Waals surface area contributed by atoms with Gasteiger partial charge in [-0.3, -0.25) is 0 Å². The molecule has 3 heteroatoms. The molecule has 2 aromatic carbocycles. The van der Waals surface area contributed by atoms with Crippen LogP contribution in [0, 0.1) is 0 Å². The van der Waals surface area contributed by atoms with Crippen molar-refractivity contribution in [2.75, 3.05) is 0 Å². The van der Waals surface area contributed by atoms with Crippen molar-refractivity contribution < 1.29 is 0 Å². The van der Waals surface area contributed by atoms with Gasteiger partial charge in [0, 0.05) is 19.0 Å². The molecule has 0 spiro atoms. The van der Waals surface area contributed by atoms with Crippen LogP contribution < -0.4 is 5.19 Å². The molecule has 1 aliphatic rings. The van der Waals surface area contributed by atoms with Crippen LogP contribution in [0.5, 0.6) is 0 Å². The Morgan fingerprint density at radius 2 is 1.29 bits per heavy atom. The van der Waals surface area contributed by atoms with Crippen LogP contribution in [0.25, 0.3) is 11.1 Å². The van der Waals surface area contributed by atoms with E-state index >= 15 is 0 Å². The molecular weight excluding hydrogens is 457 g/mol. The maximum Gasteiger partial charge on any atom is 0.0544 e. The van der Waals surface area contributed by atoms with Crippen molar-refractivity contribution in [3.05, 3.63) is 54.1 Å². The molecule has 0 bridgehead atoms. The molecular formula is C31H52Si3. The zero-order valence-corrected chi connectivity index (χ0v) is 26.9. The molecule has 0 N–H and O–H groups in total. The molecule has 1 atom stereocenters. The Hall–Kier alpha value is -0.909. The van der Waals surface area contributed by atoms with E-state index in [0.29, 0.717) is 0 Å². The van der Waals surface area contributed by atoms with Crippen molar-refractivity contribution in [1.29, 1.82) is 0 Å². The van der Waals surface area contributed by atoms with Crippen molar-refractivity contribution >= 4 is 33.7 Å². The Balaban J connectivity index is 1.36. The summed E-state index contributed by atoms with van der Waals surface area (Å²) in [6, 6.07) is 20.9. The Morgan fingerprint density at radius 1 is 0.735 bits per heavy atom. The first-order chi connectivity index (χ1) is 16.7. The molecule has 0 heterocycles. The summed E-state index contributed by atoms with van der Waals surface area (Å²) < 4.78 is 0. The third-order valence-electron chi connectivity index (χ3n) is 8.48. The SMILES string of the molecule is CCCCCCCCCC[SiH2]C(C)[SiH2]c1ccc(-c2ccc(C3CCC([SiH2]C)CC3)cc2)cc1. The smallest absolute Gasteiger partial charge is 0.0544 e. The third-order valence-corrected chi connectivity index (χ3v) is 16.1. The molecule has 3 rings (SSSR count). The average Bonchev–Trinajstić information content (AvgIpc) is 2.88. The lowest BCUT2D eigenvalue weighted by atomic mass is 9.83. The highest BCUT2D eigenvalue weighted by molar-refractivity contribution is 6.67.